The number of rotatable bonds is 4. The minimum Gasteiger partial charge on any atom is -0.369 e. The number of fused-ring (bicyclic) bond motifs is 1. The number of hydrogen-bond acceptors (Lipinski definition) is 4. The van der Waals surface area contributed by atoms with Gasteiger partial charge in [-0.05, 0) is 31.0 Å². The molecule has 0 unspecified atom stereocenters. The number of anilines is 1. The van der Waals surface area contributed by atoms with Crippen LogP contribution in [0.4, 0.5) is 10.2 Å². The number of hydrogen-bond donors (Lipinski definition) is 2. The number of nitrogens with zero attached hydrogens (tertiary/aromatic N) is 2. The molecule has 4 nitrogen and oxygen atoms in total. The molecule has 2 heterocycles. The summed E-state index contributed by atoms with van der Waals surface area (Å²) in [6.45, 7) is 2.57. The first-order valence-corrected chi connectivity index (χ1v) is 7.35. The first-order valence-electron chi connectivity index (χ1n) is 7.35. The Balaban J connectivity index is 0.00000132. The predicted molar refractivity (Wildman–Crippen MR) is 95.4 cm³/mol. The highest BCUT2D eigenvalue weighted by atomic mass is 35.5. The fourth-order valence-electron chi connectivity index (χ4n) is 2.64. The molecule has 3 rings (SSSR count). The Morgan fingerprint density at radius 1 is 1.09 bits per heavy atom. The monoisotopic (exact) mass is 358 g/mol. The van der Waals surface area contributed by atoms with Crippen molar-refractivity contribution in [2.24, 2.45) is 0 Å². The van der Waals surface area contributed by atoms with Gasteiger partial charge < -0.3 is 10.6 Å². The van der Waals surface area contributed by atoms with Gasteiger partial charge >= 0.3 is 0 Å². The molecule has 0 spiro atoms. The van der Waals surface area contributed by atoms with Crippen LogP contribution in [-0.2, 0) is 19.3 Å². The molecule has 0 amide bonds. The third kappa shape index (κ3) is 5.03. The van der Waals surface area contributed by atoms with E-state index in [1.807, 2.05) is 12.1 Å². The summed E-state index contributed by atoms with van der Waals surface area (Å²) in [4.78, 5) is 8.71. The van der Waals surface area contributed by atoms with E-state index in [-0.39, 0.29) is 30.6 Å². The van der Waals surface area contributed by atoms with E-state index in [0.29, 0.717) is 13.0 Å². The van der Waals surface area contributed by atoms with E-state index >= 15 is 0 Å². The summed E-state index contributed by atoms with van der Waals surface area (Å²) in [7, 11) is 0. The smallest absolute Gasteiger partial charge is 0.132 e. The average molecular weight is 359 g/mol. The second-order valence-electron chi connectivity index (χ2n) is 5.17. The van der Waals surface area contributed by atoms with Crippen LogP contribution in [0.3, 0.4) is 0 Å². The Morgan fingerprint density at radius 3 is 2.70 bits per heavy atom. The Bertz CT molecular complexity index is 625. The van der Waals surface area contributed by atoms with Gasteiger partial charge in [0.05, 0.1) is 5.69 Å². The Labute approximate surface area is 148 Å². The van der Waals surface area contributed by atoms with Crippen LogP contribution in [0.5, 0.6) is 0 Å². The van der Waals surface area contributed by atoms with E-state index in [1.165, 1.54) is 11.6 Å². The normalized spacial score (nSPS) is 13.1. The fourth-order valence-corrected chi connectivity index (χ4v) is 2.64. The Kier molecular flexibility index (Phi) is 8.23. The molecule has 2 N–H and O–H groups in total. The van der Waals surface area contributed by atoms with E-state index in [2.05, 4.69) is 20.6 Å². The molecule has 0 radical (unpaired) electrons. The van der Waals surface area contributed by atoms with Gasteiger partial charge in [-0.15, -0.1) is 24.8 Å². The lowest BCUT2D eigenvalue weighted by Crippen LogP contribution is -2.16. The van der Waals surface area contributed by atoms with Crippen LogP contribution in [0.25, 0.3) is 0 Å². The zero-order chi connectivity index (χ0) is 14.5. The van der Waals surface area contributed by atoms with Gasteiger partial charge in [-0.25, -0.2) is 14.4 Å². The van der Waals surface area contributed by atoms with Gasteiger partial charge in [0.2, 0.25) is 0 Å². The van der Waals surface area contributed by atoms with Crippen LogP contribution < -0.4 is 10.6 Å². The van der Waals surface area contributed by atoms with Crippen LogP contribution >= 0.6 is 24.8 Å². The topological polar surface area (TPSA) is 49.8 Å². The molecule has 126 valence electrons. The van der Waals surface area contributed by atoms with Gasteiger partial charge in [0.15, 0.2) is 0 Å². The standard InChI is InChI=1S/C16H19FN4.2ClH/c17-14-4-2-1-3-12(14)5-10-19-16-13-6-8-18-9-7-15(13)20-11-21-16;;/h1-4,11,18H,5-10H2,(H,19,20,21);2*1H. The second-order valence-corrected chi connectivity index (χ2v) is 5.17. The van der Waals surface area contributed by atoms with Gasteiger partial charge in [-0.3, -0.25) is 0 Å². The van der Waals surface area contributed by atoms with E-state index < -0.39 is 0 Å². The summed E-state index contributed by atoms with van der Waals surface area (Å²) in [5.74, 6) is 0.741. The molecular weight excluding hydrogens is 338 g/mol. The first-order chi connectivity index (χ1) is 10.3. The van der Waals surface area contributed by atoms with Gasteiger partial charge in [0, 0.05) is 25.1 Å². The van der Waals surface area contributed by atoms with Crippen molar-refractivity contribution in [1.29, 1.82) is 0 Å². The molecule has 0 saturated carbocycles. The van der Waals surface area contributed by atoms with E-state index in [9.17, 15) is 4.39 Å². The SMILES string of the molecule is Cl.Cl.Fc1ccccc1CCNc1ncnc2c1CCNCC2. The van der Waals surface area contributed by atoms with Gasteiger partial charge in [-0.1, -0.05) is 18.2 Å². The van der Waals surface area contributed by atoms with Crippen LogP contribution in [-0.4, -0.2) is 29.6 Å². The van der Waals surface area contributed by atoms with Gasteiger partial charge in [0.25, 0.3) is 0 Å². The summed E-state index contributed by atoms with van der Waals surface area (Å²) in [5, 5.41) is 6.70. The molecule has 1 aliphatic rings. The summed E-state index contributed by atoms with van der Waals surface area (Å²) in [6.07, 6.45) is 4.11. The van der Waals surface area contributed by atoms with Crippen molar-refractivity contribution in [3.63, 3.8) is 0 Å². The van der Waals surface area contributed by atoms with E-state index in [0.717, 1.165) is 43.0 Å². The number of halogens is 3. The number of nitrogens with one attached hydrogen (secondary N) is 2. The highest BCUT2D eigenvalue weighted by molar-refractivity contribution is 5.85. The lowest BCUT2D eigenvalue weighted by Gasteiger charge is -2.12. The molecular formula is C16H21Cl2FN4. The van der Waals surface area contributed by atoms with Crippen molar-refractivity contribution in [3.8, 4) is 0 Å². The fraction of sp³-hybridized carbons (Fsp3) is 0.375. The lowest BCUT2D eigenvalue weighted by atomic mass is 10.1. The van der Waals surface area contributed by atoms with Crippen molar-refractivity contribution in [1.82, 2.24) is 15.3 Å². The minimum absolute atomic E-state index is 0. The molecule has 2 aromatic rings. The van der Waals surface area contributed by atoms with Crippen molar-refractivity contribution in [2.75, 3.05) is 25.0 Å². The highest BCUT2D eigenvalue weighted by Crippen LogP contribution is 2.18. The summed E-state index contributed by atoms with van der Waals surface area (Å²) in [5.41, 5.74) is 3.03. The van der Waals surface area contributed by atoms with Crippen molar-refractivity contribution in [2.45, 2.75) is 19.3 Å². The lowest BCUT2D eigenvalue weighted by molar-refractivity contribution is 0.610. The van der Waals surface area contributed by atoms with Crippen molar-refractivity contribution < 1.29 is 4.39 Å². The van der Waals surface area contributed by atoms with E-state index in [1.54, 1.807) is 12.4 Å². The molecule has 0 saturated heterocycles. The first kappa shape index (κ1) is 19.6. The summed E-state index contributed by atoms with van der Waals surface area (Å²) < 4.78 is 13.6. The Hall–Kier alpha value is -1.43. The Morgan fingerprint density at radius 2 is 1.87 bits per heavy atom. The van der Waals surface area contributed by atoms with Crippen molar-refractivity contribution in [3.05, 3.63) is 53.2 Å². The zero-order valence-corrected chi connectivity index (χ0v) is 14.4. The molecule has 0 bridgehead atoms. The molecule has 0 atom stereocenters. The molecule has 1 aliphatic heterocycles. The maximum absolute atomic E-state index is 13.6. The third-order valence-corrected chi connectivity index (χ3v) is 3.77. The minimum atomic E-state index is -0.148. The van der Waals surface area contributed by atoms with Crippen LogP contribution in [0.2, 0.25) is 0 Å². The molecule has 1 aromatic carbocycles. The highest BCUT2D eigenvalue weighted by Gasteiger charge is 2.13. The molecule has 1 aromatic heterocycles. The number of aromatic nitrogens is 2. The second kappa shape index (κ2) is 9.65. The summed E-state index contributed by atoms with van der Waals surface area (Å²) in [6, 6.07) is 6.89. The van der Waals surface area contributed by atoms with E-state index in [4.69, 9.17) is 0 Å². The quantitative estimate of drug-likeness (QED) is 0.882. The largest absolute Gasteiger partial charge is 0.369 e. The van der Waals surface area contributed by atoms with Gasteiger partial charge in [0.1, 0.15) is 18.0 Å². The molecule has 0 fully saturated rings. The predicted octanol–water partition coefficient (Wildman–Crippen LogP) is 2.80. The van der Waals surface area contributed by atoms with Crippen molar-refractivity contribution >= 4 is 30.6 Å². The molecule has 0 aliphatic carbocycles. The maximum atomic E-state index is 13.6. The van der Waals surface area contributed by atoms with Crippen LogP contribution in [0.15, 0.2) is 30.6 Å². The van der Waals surface area contributed by atoms with Crippen LogP contribution in [0.1, 0.15) is 16.8 Å². The maximum Gasteiger partial charge on any atom is 0.132 e. The zero-order valence-electron chi connectivity index (χ0n) is 12.7. The van der Waals surface area contributed by atoms with Crippen LogP contribution in [0, 0.1) is 5.82 Å². The number of benzene rings is 1. The average Bonchev–Trinajstić information content (AvgIpc) is 2.75. The van der Waals surface area contributed by atoms with Gasteiger partial charge in [-0.2, -0.15) is 0 Å². The molecule has 7 heteroatoms. The molecule has 23 heavy (non-hydrogen) atoms. The summed E-state index contributed by atoms with van der Waals surface area (Å²) >= 11 is 0. The third-order valence-electron chi connectivity index (χ3n) is 3.77.